The van der Waals surface area contributed by atoms with Crippen LogP contribution in [0.15, 0.2) is 25.3 Å². The Labute approximate surface area is 258 Å². The molecule has 0 unspecified atom stereocenters. The van der Waals surface area contributed by atoms with Gasteiger partial charge in [-0.05, 0) is 24.7 Å². The van der Waals surface area contributed by atoms with Crippen LogP contribution in [0, 0.1) is 39.1 Å². The molecular formula is C29H63O10Ti-5. The summed E-state index contributed by atoms with van der Waals surface area (Å²) in [6.45, 7) is 23.6. The van der Waals surface area contributed by atoms with Gasteiger partial charge in [0.05, 0.1) is 0 Å². The molecule has 0 heterocycles. The van der Waals surface area contributed by atoms with Crippen LogP contribution >= 0.6 is 0 Å². The molecule has 9 N–H and O–H groups in total. The van der Waals surface area contributed by atoms with E-state index in [1.54, 1.807) is 0 Å². The average molecular weight is 620 g/mol. The maximum absolute atomic E-state index is 8.40. The van der Waals surface area contributed by atoms with E-state index in [4.69, 9.17) is 49.6 Å². The zero-order chi connectivity index (χ0) is 33.3. The van der Waals surface area contributed by atoms with Crippen LogP contribution in [0.4, 0.5) is 0 Å². The zero-order valence-corrected chi connectivity index (χ0v) is 27.0. The van der Waals surface area contributed by atoms with Crippen LogP contribution in [0.2, 0.25) is 0 Å². The van der Waals surface area contributed by atoms with E-state index >= 15 is 0 Å². The quantitative estimate of drug-likeness (QED) is 0.0336. The van der Waals surface area contributed by atoms with Crippen LogP contribution < -0.4 is 0 Å². The van der Waals surface area contributed by atoms with Crippen molar-refractivity contribution in [3.63, 3.8) is 0 Å². The third-order valence-corrected chi connectivity index (χ3v) is 3.45. The molecule has 0 amide bonds. The molecule has 0 aliphatic rings. The average Bonchev–Trinajstić information content (AvgIpc) is 2.95. The van der Waals surface area contributed by atoms with Gasteiger partial charge in [0, 0.05) is 26.4 Å². The van der Waals surface area contributed by atoms with Crippen molar-refractivity contribution in [3.05, 3.63) is 59.0 Å². The summed E-state index contributed by atoms with van der Waals surface area (Å²) in [7, 11) is 0. The van der Waals surface area contributed by atoms with Gasteiger partial charge in [0.15, 0.2) is 0 Å². The van der Waals surface area contributed by atoms with Gasteiger partial charge in [-0.3, -0.25) is 10.5 Å². The van der Waals surface area contributed by atoms with Crippen LogP contribution in [0.25, 0.3) is 0 Å². The van der Waals surface area contributed by atoms with Gasteiger partial charge >= 0.3 is 23.7 Å². The SMILES string of the molecule is C=C[CH2-].C=C[CH2-].CC(C)(C)CO.OO.O[CH-]CCCCCO.O[CH-]CCCCCO.O[CH-]CCCCCO.[O]=[Ti]. The molecule has 0 atom stereocenters. The Morgan fingerprint density at radius 1 is 0.600 bits per heavy atom. The van der Waals surface area contributed by atoms with E-state index in [-0.39, 0.29) is 31.8 Å². The molecule has 0 bridgehead atoms. The summed E-state index contributed by atoms with van der Waals surface area (Å²) < 4.78 is 8.25. The first-order valence-electron chi connectivity index (χ1n) is 13.2. The summed E-state index contributed by atoms with van der Waals surface area (Å²) in [4.78, 5) is 0. The van der Waals surface area contributed by atoms with E-state index < -0.39 is 0 Å². The van der Waals surface area contributed by atoms with Crippen molar-refractivity contribution < 1.29 is 70.0 Å². The molecule has 0 saturated heterocycles. The molecule has 0 radical (unpaired) electrons. The van der Waals surface area contributed by atoms with Crippen LogP contribution in [0.3, 0.4) is 0 Å². The van der Waals surface area contributed by atoms with Crippen molar-refractivity contribution in [1.82, 2.24) is 0 Å². The third kappa shape index (κ3) is 164. The fourth-order valence-electron chi connectivity index (χ4n) is 1.57. The van der Waals surface area contributed by atoms with Gasteiger partial charge < -0.3 is 35.7 Å². The second-order valence-electron chi connectivity index (χ2n) is 8.56. The molecule has 0 aliphatic heterocycles. The summed E-state index contributed by atoms with van der Waals surface area (Å²) in [5.41, 5.74) is 0.0972. The predicted octanol–water partition coefficient (Wildman–Crippen LogP) is 6.15. The molecule has 11 heteroatoms. The van der Waals surface area contributed by atoms with Crippen molar-refractivity contribution in [1.29, 1.82) is 0 Å². The van der Waals surface area contributed by atoms with Crippen LogP contribution in [0.5, 0.6) is 0 Å². The Morgan fingerprint density at radius 3 is 0.875 bits per heavy atom. The number of allylic oxidation sites excluding steroid dienone is 2. The van der Waals surface area contributed by atoms with Crippen molar-refractivity contribution >= 4 is 0 Å². The van der Waals surface area contributed by atoms with Crippen molar-refractivity contribution in [2.24, 2.45) is 5.41 Å². The molecule has 0 aromatic heterocycles. The number of unbranched alkanes of at least 4 members (excludes halogenated alkanes) is 9. The summed E-state index contributed by atoms with van der Waals surface area (Å²) in [6.07, 6.45) is 13.8. The second-order valence-corrected chi connectivity index (χ2v) is 8.56. The van der Waals surface area contributed by atoms with Crippen LogP contribution in [-0.2, 0) is 23.7 Å². The van der Waals surface area contributed by atoms with Gasteiger partial charge in [-0.1, -0.05) is 59.3 Å². The van der Waals surface area contributed by atoms with E-state index in [9.17, 15) is 0 Å². The molecular weight excluding hydrogens is 556 g/mol. The monoisotopic (exact) mass is 619 g/mol. The van der Waals surface area contributed by atoms with E-state index in [1.165, 1.54) is 12.2 Å². The summed E-state index contributed by atoms with van der Waals surface area (Å²) >= 11 is 0.750. The first kappa shape index (κ1) is 58.9. The summed E-state index contributed by atoms with van der Waals surface area (Å²) in [5.74, 6) is 0. The van der Waals surface area contributed by atoms with Crippen molar-refractivity contribution in [2.75, 3.05) is 26.4 Å². The second kappa shape index (κ2) is 77.1. The molecule has 0 saturated carbocycles. The molecule has 10 nitrogen and oxygen atoms in total. The number of rotatable bonds is 15. The molecule has 0 aromatic carbocycles. The molecule has 0 aromatic rings. The van der Waals surface area contributed by atoms with E-state index in [0.717, 1.165) is 117 Å². The van der Waals surface area contributed by atoms with Crippen LogP contribution in [-0.4, -0.2) is 72.7 Å². The number of aliphatic hydroxyl groups is 7. The predicted molar refractivity (Wildman–Crippen MR) is 159 cm³/mol. The molecule has 248 valence electrons. The van der Waals surface area contributed by atoms with Gasteiger partial charge in [0.1, 0.15) is 0 Å². The van der Waals surface area contributed by atoms with Crippen molar-refractivity contribution in [3.8, 4) is 0 Å². The van der Waals surface area contributed by atoms with Crippen LogP contribution in [0.1, 0.15) is 97.8 Å². The van der Waals surface area contributed by atoms with E-state index in [2.05, 4.69) is 27.0 Å². The minimum atomic E-state index is 0.0972. The van der Waals surface area contributed by atoms with Gasteiger partial charge in [0.2, 0.25) is 0 Å². The first-order chi connectivity index (χ1) is 19.1. The fourth-order valence-corrected chi connectivity index (χ4v) is 1.57. The molecule has 0 spiro atoms. The standard InChI is InChI=1S/3C6H13O2.C5H12O.2C3H5.H2O2.O.Ti/c3*7-5-3-1-2-4-6-8;1-5(2,3)4-6;2*1-3-2;1-2;;/h3*5,7-8H,1-4,6H2;6H,4H2,1-3H3;2*3H,1-2H2;1-2H;;/q3*-1;;2*-1;;;. The third-order valence-electron chi connectivity index (χ3n) is 3.45. The normalized spacial score (nSPS) is 8.47. The molecule has 0 fully saturated rings. The Kier molecular flexibility index (Phi) is 113. The Bertz CT molecular complexity index is 293. The zero-order valence-electron chi connectivity index (χ0n) is 25.5. The summed E-state index contributed by atoms with van der Waals surface area (Å²) in [5, 5.41) is 69.8. The first-order valence-corrected chi connectivity index (χ1v) is 13.8. The van der Waals surface area contributed by atoms with Gasteiger partial charge in [-0.15, -0.1) is 0 Å². The van der Waals surface area contributed by atoms with E-state index in [1.807, 2.05) is 20.8 Å². The molecule has 0 aliphatic carbocycles. The van der Waals surface area contributed by atoms with Crippen molar-refractivity contribution in [2.45, 2.75) is 97.8 Å². The fraction of sp³-hybridized carbons (Fsp3) is 0.690. The van der Waals surface area contributed by atoms with Gasteiger partial charge in [-0.25, -0.2) is 59.0 Å². The number of hydrogen-bond acceptors (Lipinski definition) is 10. The minimum absolute atomic E-state index is 0.0972. The number of aliphatic hydroxyl groups excluding tert-OH is 7. The van der Waals surface area contributed by atoms with Gasteiger partial charge in [-0.2, -0.15) is 19.3 Å². The topological polar surface area (TPSA) is 199 Å². The Hall–Kier alpha value is -0.626. The molecule has 40 heavy (non-hydrogen) atoms. The Balaban J connectivity index is -0.0000000514. The molecule has 0 rings (SSSR count). The summed E-state index contributed by atoms with van der Waals surface area (Å²) in [6, 6.07) is 0. The van der Waals surface area contributed by atoms with Gasteiger partial charge in [0.25, 0.3) is 0 Å². The Morgan fingerprint density at radius 2 is 0.775 bits per heavy atom. The van der Waals surface area contributed by atoms with E-state index in [0.29, 0.717) is 0 Å². The maximum atomic E-state index is 8.40. The number of hydrogen-bond donors (Lipinski definition) is 9.